The average Bonchev–Trinajstić information content (AvgIpc) is 3.02. The van der Waals surface area contributed by atoms with Crippen molar-refractivity contribution in [2.24, 2.45) is 0 Å². The average molecular weight is 511 g/mol. The van der Waals surface area contributed by atoms with Gasteiger partial charge in [0.05, 0.1) is 0 Å². The third-order valence-electron chi connectivity index (χ3n) is 7.79. The molecule has 0 unspecified atom stereocenters. The van der Waals surface area contributed by atoms with Gasteiger partial charge < -0.3 is 0 Å². The van der Waals surface area contributed by atoms with E-state index in [0.717, 1.165) is 38.9 Å². The normalized spacial score (nSPS) is 10.9. The molecular formula is C40H30. The summed E-state index contributed by atoms with van der Waals surface area (Å²) in [5.41, 5.74) is 11.3. The Balaban J connectivity index is 1.59. The second-order valence-corrected chi connectivity index (χ2v) is 9.89. The summed E-state index contributed by atoms with van der Waals surface area (Å²) in [5.74, 6) is 0. The van der Waals surface area contributed by atoms with Crippen molar-refractivity contribution in [1.29, 1.82) is 0 Å². The Hall–Kier alpha value is -5.20. The Labute approximate surface area is 236 Å². The number of hydrogen-bond donors (Lipinski definition) is 0. The highest BCUT2D eigenvalue weighted by Crippen LogP contribution is 2.44. The second kappa shape index (κ2) is 10.5. The minimum absolute atomic E-state index is 1.08. The zero-order chi connectivity index (χ0) is 27.6. The van der Waals surface area contributed by atoms with E-state index in [1.807, 2.05) is 24.3 Å². The number of hydrogen-bond acceptors (Lipinski definition) is 0. The van der Waals surface area contributed by atoms with Gasteiger partial charge in [-0.3, -0.25) is 0 Å². The molecule has 0 heterocycles. The van der Waals surface area contributed by atoms with Gasteiger partial charge in [0.25, 0.3) is 0 Å². The van der Waals surface area contributed by atoms with Gasteiger partial charge >= 0.3 is 0 Å². The van der Waals surface area contributed by atoms with Gasteiger partial charge in [0, 0.05) is 0 Å². The van der Waals surface area contributed by atoms with Crippen LogP contribution in [-0.2, 0) is 0 Å². The maximum Gasteiger partial charge on any atom is -0.00264 e. The lowest BCUT2D eigenvalue weighted by atomic mass is 9.83. The zero-order valence-electron chi connectivity index (χ0n) is 22.5. The predicted octanol–water partition coefficient (Wildman–Crippen LogP) is 11.6. The highest BCUT2D eigenvalue weighted by atomic mass is 14.2. The first-order valence-corrected chi connectivity index (χ1v) is 13.5. The van der Waals surface area contributed by atoms with Crippen molar-refractivity contribution in [2.45, 2.75) is 0 Å². The van der Waals surface area contributed by atoms with Crippen LogP contribution in [0.5, 0.6) is 0 Å². The highest BCUT2D eigenvalue weighted by Gasteiger charge is 2.19. The second-order valence-electron chi connectivity index (χ2n) is 9.89. The molecule has 0 saturated carbocycles. The van der Waals surface area contributed by atoms with Crippen LogP contribution in [0.15, 0.2) is 136 Å². The largest absolute Gasteiger partial charge is 0.0984 e. The molecule has 0 aliphatic carbocycles. The SMILES string of the molecule is C=Cc1cccc(-c2ccc(-c3c(C=C)c(C=C)c(-c4ccc5ccccc5c4)c4ccccc34)cc2)c1C=C. The van der Waals surface area contributed by atoms with Crippen LogP contribution in [-0.4, -0.2) is 0 Å². The fourth-order valence-corrected chi connectivity index (χ4v) is 5.93. The molecule has 0 saturated heterocycles. The Kier molecular flexibility index (Phi) is 6.60. The fourth-order valence-electron chi connectivity index (χ4n) is 5.93. The monoisotopic (exact) mass is 510 g/mol. The minimum Gasteiger partial charge on any atom is -0.0984 e. The molecule has 0 nitrogen and oxygen atoms in total. The van der Waals surface area contributed by atoms with Gasteiger partial charge in [-0.05, 0) is 83.2 Å². The van der Waals surface area contributed by atoms with Gasteiger partial charge in [-0.2, -0.15) is 0 Å². The molecule has 0 atom stereocenters. The summed E-state index contributed by atoms with van der Waals surface area (Å²) in [4.78, 5) is 0. The van der Waals surface area contributed by atoms with Crippen LogP contribution in [0.4, 0.5) is 0 Å². The van der Waals surface area contributed by atoms with E-state index in [9.17, 15) is 0 Å². The maximum atomic E-state index is 4.26. The number of rotatable bonds is 7. The Morgan fingerprint density at radius 3 is 1.57 bits per heavy atom. The van der Waals surface area contributed by atoms with Gasteiger partial charge in [-0.1, -0.05) is 154 Å². The first-order valence-electron chi connectivity index (χ1n) is 13.5. The molecule has 0 radical (unpaired) electrons. The van der Waals surface area contributed by atoms with Gasteiger partial charge in [-0.15, -0.1) is 0 Å². The molecule has 6 aromatic carbocycles. The Bertz CT molecular complexity index is 1950. The lowest BCUT2D eigenvalue weighted by Crippen LogP contribution is -1.96. The quantitative estimate of drug-likeness (QED) is 0.200. The van der Waals surface area contributed by atoms with Crippen molar-refractivity contribution in [3.63, 3.8) is 0 Å². The van der Waals surface area contributed by atoms with E-state index >= 15 is 0 Å². The van der Waals surface area contributed by atoms with Crippen molar-refractivity contribution < 1.29 is 0 Å². The van der Waals surface area contributed by atoms with Gasteiger partial charge in [0.1, 0.15) is 0 Å². The van der Waals surface area contributed by atoms with E-state index < -0.39 is 0 Å². The molecule has 0 spiro atoms. The van der Waals surface area contributed by atoms with Crippen LogP contribution in [0.1, 0.15) is 22.3 Å². The standard InChI is InChI=1S/C40H30/c1-5-27-16-13-19-36(33(27)6-2)29-21-23-30(24-22-29)39-34(7-3)35(8-4)40(38-18-12-11-17-37(38)39)32-25-20-28-14-9-10-15-31(28)26-32/h5-26H,1-4H2. The van der Waals surface area contributed by atoms with Crippen LogP contribution in [0.25, 0.3) is 79.2 Å². The van der Waals surface area contributed by atoms with E-state index in [-0.39, 0.29) is 0 Å². The molecule has 0 heteroatoms. The van der Waals surface area contributed by atoms with Gasteiger partial charge in [0.15, 0.2) is 0 Å². The summed E-state index contributed by atoms with van der Waals surface area (Å²) >= 11 is 0. The van der Waals surface area contributed by atoms with Crippen molar-refractivity contribution >= 4 is 45.8 Å². The van der Waals surface area contributed by atoms with E-state index in [1.165, 1.54) is 38.2 Å². The van der Waals surface area contributed by atoms with E-state index in [0.29, 0.717) is 0 Å². The van der Waals surface area contributed by atoms with Crippen LogP contribution < -0.4 is 0 Å². The molecule has 0 N–H and O–H groups in total. The molecule has 0 aliphatic heterocycles. The lowest BCUT2D eigenvalue weighted by Gasteiger charge is -2.20. The van der Waals surface area contributed by atoms with Crippen LogP contribution in [0.2, 0.25) is 0 Å². The summed E-state index contributed by atoms with van der Waals surface area (Å²) in [6.45, 7) is 16.5. The number of benzene rings is 6. The van der Waals surface area contributed by atoms with Gasteiger partial charge in [0.2, 0.25) is 0 Å². The predicted molar refractivity (Wildman–Crippen MR) is 178 cm³/mol. The van der Waals surface area contributed by atoms with Crippen molar-refractivity contribution in [3.05, 3.63) is 158 Å². The molecule has 0 fully saturated rings. The van der Waals surface area contributed by atoms with Crippen molar-refractivity contribution in [1.82, 2.24) is 0 Å². The summed E-state index contributed by atoms with van der Waals surface area (Å²) in [6.07, 6.45) is 7.74. The summed E-state index contributed by atoms with van der Waals surface area (Å²) in [7, 11) is 0. The molecule has 0 bridgehead atoms. The minimum atomic E-state index is 1.08. The van der Waals surface area contributed by atoms with E-state index in [1.54, 1.807) is 0 Å². The molecule has 0 aromatic heterocycles. The van der Waals surface area contributed by atoms with E-state index in [4.69, 9.17) is 0 Å². The topological polar surface area (TPSA) is 0 Å². The summed E-state index contributed by atoms with van der Waals surface area (Å²) in [5, 5.41) is 4.84. The number of fused-ring (bicyclic) bond motifs is 2. The van der Waals surface area contributed by atoms with Crippen LogP contribution in [0.3, 0.4) is 0 Å². The zero-order valence-corrected chi connectivity index (χ0v) is 22.5. The Morgan fingerprint density at radius 2 is 0.950 bits per heavy atom. The molecule has 0 amide bonds. The molecule has 0 aliphatic rings. The summed E-state index contributed by atoms with van der Waals surface area (Å²) < 4.78 is 0. The smallest absolute Gasteiger partial charge is 0.00264 e. The lowest BCUT2D eigenvalue weighted by molar-refractivity contribution is 1.55. The molecule has 190 valence electrons. The maximum absolute atomic E-state index is 4.26. The fraction of sp³-hybridized carbons (Fsp3) is 0. The highest BCUT2D eigenvalue weighted by molar-refractivity contribution is 6.12. The van der Waals surface area contributed by atoms with Crippen molar-refractivity contribution in [3.8, 4) is 33.4 Å². The first-order chi connectivity index (χ1) is 19.7. The van der Waals surface area contributed by atoms with E-state index in [2.05, 4.69) is 136 Å². The van der Waals surface area contributed by atoms with Crippen molar-refractivity contribution in [2.75, 3.05) is 0 Å². The molecule has 6 rings (SSSR count). The Morgan fingerprint density at radius 1 is 0.400 bits per heavy atom. The van der Waals surface area contributed by atoms with Crippen LogP contribution >= 0.6 is 0 Å². The first kappa shape index (κ1) is 25.1. The molecule has 6 aromatic rings. The third-order valence-corrected chi connectivity index (χ3v) is 7.79. The molecule has 40 heavy (non-hydrogen) atoms. The third kappa shape index (κ3) is 4.11. The van der Waals surface area contributed by atoms with Gasteiger partial charge in [-0.25, -0.2) is 0 Å². The molecular weight excluding hydrogens is 480 g/mol. The summed E-state index contributed by atoms with van der Waals surface area (Å²) in [6, 6.07) is 38.9. The van der Waals surface area contributed by atoms with Crippen LogP contribution in [0, 0.1) is 0 Å².